The summed E-state index contributed by atoms with van der Waals surface area (Å²) in [6.07, 6.45) is -4.71. The van der Waals surface area contributed by atoms with E-state index >= 15 is 0 Å². The Hall–Kier alpha value is -2.61. The van der Waals surface area contributed by atoms with Crippen molar-refractivity contribution < 1.29 is 27.4 Å². The van der Waals surface area contributed by atoms with E-state index in [-0.39, 0.29) is 11.4 Å². The van der Waals surface area contributed by atoms with Crippen molar-refractivity contribution in [1.29, 1.82) is 0 Å². The Kier molecular flexibility index (Phi) is 3.98. The molecule has 4 rings (SSSR count). The quantitative estimate of drug-likeness (QED) is 0.639. The van der Waals surface area contributed by atoms with Crippen molar-refractivity contribution in [1.82, 2.24) is 9.97 Å². The van der Waals surface area contributed by atoms with Gasteiger partial charge in [-0.15, -0.1) is 0 Å². The molecule has 2 aromatic heterocycles. The fourth-order valence-electron chi connectivity index (χ4n) is 3.88. The highest BCUT2D eigenvalue weighted by atomic mass is 19.4. The highest BCUT2D eigenvalue weighted by Gasteiger charge is 2.59. The van der Waals surface area contributed by atoms with Gasteiger partial charge in [-0.05, 0) is 38.1 Å². The van der Waals surface area contributed by atoms with Crippen molar-refractivity contribution in [3.8, 4) is 5.75 Å². The molecule has 2 atom stereocenters. The summed E-state index contributed by atoms with van der Waals surface area (Å²) in [4.78, 5) is 7.05. The van der Waals surface area contributed by atoms with Gasteiger partial charge in [-0.1, -0.05) is 0 Å². The Balaban J connectivity index is 1.67. The maximum atomic E-state index is 13.9. The topological polar surface area (TPSA) is 58.1 Å². The van der Waals surface area contributed by atoms with Crippen molar-refractivity contribution in [3.63, 3.8) is 0 Å². The molecular formula is C20H18F4N2O2. The number of pyridine rings is 1. The predicted octanol–water partition coefficient (Wildman–Crippen LogP) is 4.54. The predicted molar refractivity (Wildman–Crippen MR) is 94.5 cm³/mol. The third-order valence-corrected chi connectivity index (χ3v) is 5.29. The molecule has 28 heavy (non-hydrogen) atoms. The van der Waals surface area contributed by atoms with E-state index in [2.05, 4.69) is 9.97 Å². The summed E-state index contributed by atoms with van der Waals surface area (Å²) in [5.41, 5.74) is -2.38. The number of halogens is 4. The molecule has 2 N–H and O–H groups in total. The van der Waals surface area contributed by atoms with Gasteiger partial charge in [-0.3, -0.25) is 4.98 Å². The van der Waals surface area contributed by atoms with Crippen LogP contribution in [0.5, 0.6) is 5.75 Å². The summed E-state index contributed by atoms with van der Waals surface area (Å²) in [6, 6.07) is 6.92. The first-order valence-electron chi connectivity index (χ1n) is 8.72. The average Bonchev–Trinajstić information content (AvgIpc) is 2.96. The standard InChI is InChI=1S/C20H18F4N2O2/c1-11-14-8-13(26-16(14)5-6-25-11)9-19(27,20(22,23)24)10-18(2)15-4-3-12(21)7-17(15)28-18/h3-8,26-27H,9-10H2,1-2H3. The molecule has 3 aromatic rings. The number of rotatable bonds is 4. The van der Waals surface area contributed by atoms with Gasteiger partial charge in [0.1, 0.15) is 17.2 Å². The van der Waals surface area contributed by atoms with Gasteiger partial charge in [0, 0.05) is 53.0 Å². The van der Waals surface area contributed by atoms with E-state index in [4.69, 9.17) is 4.74 Å². The third-order valence-electron chi connectivity index (χ3n) is 5.29. The number of H-pyrrole nitrogens is 1. The lowest BCUT2D eigenvalue weighted by Gasteiger charge is -2.46. The van der Waals surface area contributed by atoms with Crippen molar-refractivity contribution >= 4 is 10.9 Å². The summed E-state index contributed by atoms with van der Waals surface area (Å²) < 4.78 is 60.3. The number of fused-ring (bicyclic) bond motifs is 2. The number of ether oxygens (including phenoxy) is 1. The Morgan fingerprint density at radius 2 is 1.96 bits per heavy atom. The third kappa shape index (κ3) is 2.92. The van der Waals surface area contributed by atoms with Crippen molar-refractivity contribution in [3.05, 3.63) is 59.3 Å². The van der Waals surface area contributed by atoms with Gasteiger partial charge < -0.3 is 14.8 Å². The molecule has 2 unspecified atom stereocenters. The number of nitrogens with zero attached hydrogens (tertiary/aromatic N) is 1. The van der Waals surface area contributed by atoms with Gasteiger partial charge in [0.15, 0.2) is 5.60 Å². The van der Waals surface area contributed by atoms with Crippen LogP contribution in [-0.4, -0.2) is 26.9 Å². The number of hydrogen-bond acceptors (Lipinski definition) is 3. The smallest absolute Gasteiger partial charge is 0.417 e. The van der Waals surface area contributed by atoms with Crippen molar-refractivity contribution in [2.24, 2.45) is 0 Å². The van der Waals surface area contributed by atoms with E-state index in [0.29, 0.717) is 22.2 Å². The normalized spacial score (nSPS) is 21.0. The number of aromatic amines is 1. The van der Waals surface area contributed by atoms with Crippen LogP contribution < -0.4 is 4.74 Å². The minimum Gasteiger partial charge on any atom is -0.482 e. The Morgan fingerprint density at radius 3 is 2.61 bits per heavy atom. The molecular weight excluding hydrogens is 376 g/mol. The molecule has 3 heterocycles. The van der Waals surface area contributed by atoms with Gasteiger partial charge in [0.05, 0.1) is 0 Å². The molecule has 1 aliphatic rings. The summed E-state index contributed by atoms with van der Waals surface area (Å²) in [5.74, 6) is -0.340. The van der Waals surface area contributed by atoms with Crippen LogP contribution in [0, 0.1) is 12.7 Å². The number of aryl methyl sites for hydroxylation is 1. The molecule has 1 aromatic carbocycles. The Labute approximate surface area is 158 Å². The molecule has 0 fully saturated rings. The van der Waals surface area contributed by atoms with Crippen LogP contribution in [-0.2, 0) is 12.0 Å². The molecule has 0 saturated carbocycles. The number of nitrogens with one attached hydrogen (secondary N) is 1. The molecule has 0 aliphatic carbocycles. The van der Waals surface area contributed by atoms with Crippen molar-refractivity contribution in [2.75, 3.05) is 0 Å². The second kappa shape index (κ2) is 5.94. The number of benzene rings is 1. The van der Waals surface area contributed by atoms with E-state index in [0.717, 1.165) is 6.07 Å². The first-order chi connectivity index (χ1) is 13.0. The highest BCUT2D eigenvalue weighted by Crippen LogP contribution is 2.51. The fraction of sp³-hybridized carbons (Fsp3) is 0.350. The van der Waals surface area contributed by atoms with Crippen molar-refractivity contribution in [2.45, 2.75) is 44.1 Å². The zero-order valence-corrected chi connectivity index (χ0v) is 15.2. The monoisotopic (exact) mass is 394 g/mol. The molecule has 8 heteroatoms. The highest BCUT2D eigenvalue weighted by molar-refractivity contribution is 5.82. The summed E-state index contributed by atoms with van der Waals surface area (Å²) in [5, 5.41) is 11.4. The van der Waals surface area contributed by atoms with Crippen LogP contribution >= 0.6 is 0 Å². The molecule has 0 bridgehead atoms. The van der Waals surface area contributed by atoms with Crippen LogP contribution in [0.3, 0.4) is 0 Å². The lowest BCUT2D eigenvalue weighted by molar-refractivity contribution is -0.276. The minimum absolute atomic E-state index is 0.194. The maximum Gasteiger partial charge on any atom is 0.417 e. The fourth-order valence-corrected chi connectivity index (χ4v) is 3.88. The van der Waals surface area contributed by atoms with E-state index in [9.17, 15) is 22.7 Å². The van der Waals surface area contributed by atoms with E-state index in [1.807, 2.05) is 0 Å². The van der Waals surface area contributed by atoms with Crippen LogP contribution in [0.1, 0.15) is 30.3 Å². The number of hydrogen-bond donors (Lipinski definition) is 2. The SMILES string of the molecule is Cc1nccc2[nH]c(CC(O)(CC3(C)Oc4cc(F)ccc43)C(F)(F)F)cc12. The molecule has 0 radical (unpaired) electrons. The van der Waals surface area contributed by atoms with E-state index in [1.54, 1.807) is 25.3 Å². The number of alkyl halides is 3. The van der Waals surface area contributed by atoms with E-state index in [1.165, 1.54) is 19.1 Å². The molecule has 0 saturated heterocycles. The van der Waals surface area contributed by atoms with Gasteiger partial charge in [0.25, 0.3) is 0 Å². The second-order valence-electron chi connectivity index (χ2n) is 7.51. The minimum atomic E-state index is -4.89. The molecule has 0 spiro atoms. The van der Waals surface area contributed by atoms with Crippen LogP contribution in [0.4, 0.5) is 17.6 Å². The lowest BCUT2D eigenvalue weighted by atomic mass is 9.77. The van der Waals surface area contributed by atoms with Gasteiger partial charge in [0.2, 0.25) is 0 Å². The number of aliphatic hydroxyl groups is 1. The summed E-state index contributed by atoms with van der Waals surface area (Å²) >= 11 is 0. The van der Waals surface area contributed by atoms with Gasteiger partial charge in [-0.25, -0.2) is 4.39 Å². The van der Waals surface area contributed by atoms with Crippen LogP contribution in [0.15, 0.2) is 36.5 Å². The Bertz CT molecular complexity index is 1060. The first kappa shape index (κ1) is 18.7. The summed E-state index contributed by atoms with van der Waals surface area (Å²) in [7, 11) is 0. The van der Waals surface area contributed by atoms with Gasteiger partial charge >= 0.3 is 6.18 Å². The summed E-state index contributed by atoms with van der Waals surface area (Å²) in [6.45, 7) is 3.22. The van der Waals surface area contributed by atoms with E-state index < -0.39 is 36.0 Å². The first-order valence-corrected chi connectivity index (χ1v) is 8.72. The zero-order valence-electron chi connectivity index (χ0n) is 15.2. The molecule has 1 aliphatic heterocycles. The maximum absolute atomic E-state index is 13.9. The van der Waals surface area contributed by atoms with Crippen LogP contribution in [0.25, 0.3) is 10.9 Å². The lowest BCUT2D eigenvalue weighted by Crippen LogP contribution is -2.54. The van der Waals surface area contributed by atoms with Crippen LogP contribution in [0.2, 0.25) is 0 Å². The Morgan fingerprint density at radius 1 is 1.21 bits per heavy atom. The second-order valence-corrected chi connectivity index (χ2v) is 7.51. The average molecular weight is 394 g/mol. The largest absolute Gasteiger partial charge is 0.482 e. The van der Waals surface area contributed by atoms with Gasteiger partial charge in [-0.2, -0.15) is 13.2 Å². The number of aromatic nitrogens is 2. The molecule has 0 amide bonds. The zero-order chi connectivity index (χ0) is 20.3. The molecule has 4 nitrogen and oxygen atoms in total. The molecule has 148 valence electrons.